The van der Waals surface area contributed by atoms with E-state index < -0.39 is 6.10 Å². The average molecular weight is 270 g/mol. The Balaban J connectivity index is 2.25. The van der Waals surface area contributed by atoms with Crippen molar-refractivity contribution < 1.29 is 23.7 Å². The highest BCUT2D eigenvalue weighted by Crippen LogP contribution is 2.38. The predicted molar refractivity (Wildman–Crippen MR) is 67.8 cm³/mol. The van der Waals surface area contributed by atoms with Gasteiger partial charge in [-0.2, -0.15) is 0 Å². The molecule has 0 saturated carbocycles. The molecule has 5 heteroatoms. The minimum Gasteiger partial charge on any atom is -0.496 e. The Morgan fingerprint density at radius 1 is 1.42 bits per heavy atom. The monoisotopic (exact) mass is 270 g/mol. The number of hydrogen-bond donors (Lipinski definition) is 1. The lowest BCUT2D eigenvalue weighted by atomic mass is 10.0. The number of methoxy groups -OCH3 is 2. The molecule has 0 aliphatic carbocycles. The van der Waals surface area contributed by atoms with Gasteiger partial charge in [-0.1, -0.05) is 0 Å². The number of aliphatic hydroxyl groups is 1. The smallest absolute Gasteiger partial charge is 0.126 e. The SMILES string of the molecule is COCC1OC(c2cc(F)c(C)cc2OC)CC1O. The normalized spacial score (nSPS) is 26.7. The first-order valence-electron chi connectivity index (χ1n) is 6.23. The van der Waals surface area contributed by atoms with Crippen molar-refractivity contribution in [3.63, 3.8) is 0 Å². The predicted octanol–water partition coefficient (Wildman–Crippen LogP) is 1.98. The summed E-state index contributed by atoms with van der Waals surface area (Å²) in [6.45, 7) is 1.99. The van der Waals surface area contributed by atoms with Gasteiger partial charge in [-0.25, -0.2) is 4.39 Å². The van der Waals surface area contributed by atoms with Crippen molar-refractivity contribution in [3.05, 3.63) is 29.1 Å². The summed E-state index contributed by atoms with van der Waals surface area (Å²) in [5.41, 5.74) is 1.15. The summed E-state index contributed by atoms with van der Waals surface area (Å²) in [6, 6.07) is 3.06. The third kappa shape index (κ3) is 2.88. The third-order valence-electron chi connectivity index (χ3n) is 3.41. The maximum Gasteiger partial charge on any atom is 0.126 e. The Bertz CT molecular complexity index is 449. The molecular weight excluding hydrogens is 251 g/mol. The first-order chi connectivity index (χ1) is 9.06. The first-order valence-corrected chi connectivity index (χ1v) is 6.23. The van der Waals surface area contributed by atoms with Crippen LogP contribution in [-0.4, -0.2) is 38.1 Å². The minimum absolute atomic E-state index is 0.302. The molecule has 1 aromatic carbocycles. The summed E-state index contributed by atoms with van der Waals surface area (Å²) in [4.78, 5) is 0. The summed E-state index contributed by atoms with van der Waals surface area (Å²) in [5, 5.41) is 9.90. The van der Waals surface area contributed by atoms with Crippen LogP contribution in [0.5, 0.6) is 5.75 Å². The molecule has 1 fully saturated rings. The minimum atomic E-state index is -0.612. The lowest BCUT2D eigenvalue weighted by molar-refractivity contribution is -0.0343. The molecule has 0 radical (unpaired) electrons. The van der Waals surface area contributed by atoms with Crippen molar-refractivity contribution in [3.8, 4) is 5.75 Å². The Morgan fingerprint density at radius 2 is 2.16 bits per heavy atom. The van der Waals surface area contributed by atoms with Gasteiger partial charge in [0.1, 0.15) is 17.7 Å². The molecular formula is C14H19FO4. The van der Waals surface area contributed by atoms with E-state index >= 15 is 0 Å². The van der Waals surface area contributed by atoms with Gasteiger partial charge in [0.25, 0.3) is 0 Å². The van der Waals surface area contributed by atoms with E-state index in [1.807, 2.05) is 0 Å². The number of rotatable bonds is 4. The topological polar surface area (TPSA) is 47.9 Å². The van der Waals surface area contributed by atoms with Crippen LogP contribution in [0.1, 0.15) is 23.7 Å². The maximum atomic E-state index is 13.7. The van der Waals surface area contributed by atoms with Crippen LogP contribution in [0.4, 0.5) is 4.39 Å². The van der Waals surface area contributed by atoms with E-state index in [0.717, 1.165) is 0 Å². The first kappa shape index (κ1) is 14.2. The lowest BCUT2D eigenvalue weighted by Crippen LogP contribution is -2.25. The quantitative estimate of drug-likeness (QED) is 0.909. The molecule has 1 aliphatic heterocycles. The molecule has 0 spiro atoms. The number of aliphatic hydroxyl groups excluding tert-OH is 1. The van der Waals surface area contributed by atoms with Crippen LogP contribution < -0.4 is 4.74 Å². The van der Waals surface area contributed by atoms with Gasteiger partial charge in [0.15, 0.2) is 0 Å². The van der Waals surface area contributed by atoms with Gasteiger partial charge in [0.2, 0.25) is 0 Å². The molecule has 3 unspecified atom stereocenters. The highest BCUT2D eigenvalue weighted by Gasteiger charge is 2.36. The molecule has 106 valence electrons. The average Bonchev–Trinajstić information content (AvgIpc) is 2.74. The van der Waals surface area contributed by atoms with E-state index in [4.69, 9.17) is 14.2 Å². The van der Waals surface area contributed by atoms with E-state index in [1.54, 1.807) is 20.1 Å². The van der Waals surface area contributed by atoms with Gasteiger partial charge in [-0.15, -0.1) is 0 Å². The highest BCUT2D eigenvalue weighted by molar-refractivity contribution is 5.40. The molecule has 1 saturated heterocycles. The van der Waals surface area contributed by atoms with Crippen LogP contribution in [0.25, 0.3) is 0 Å². The molecule has 19 heavy (non-hydrogen) atoms. The maximum absolute atomic E-state index is 13.7. The number of aryl methyl sites for hydroxylation is 1. The van der Waals surface area contributed by atoms with Gasteiger partial charge in [0, 0.05) is 19.1 Å². The largest absolute Gasteiger partial charge is 0.496 e. The Labute approximate surface area is 112 Å². The Morgan fingerprint density at radius 3 is 2.79 bits per heavy atom. The Hall–Kier alpha value is -1.17. The lowest BCUT2D eigenvalue weighted by Gasteiger charge is -2.17. The standard InChI is InChI=1S/C14H19FO4/c1-8-4-12(18-3)9(5-10(8)15)13-6-11(16)14(19-13)7-17-2/h4-5,11,13-14,16H,6-7H2,1-3H3. The molecule has 3 atom stereocenters. The summed E-state index contributed by atoms with van der Waals surface area (Å²) >= 11 is 0. The van der Waals surface area contributed by atoms with E-state index in [9.17, 15) is 9.50 Å². The van der Waals surface area contributed by atoms with Crippen molar-refractivity contribution in [2.75, 3.05) is 20.8 Å². The van der Waals surface area contributed by atoms with Gasteiger partial charge < -0.3 is 19.3 Å². The van der Waals surface area contributed by atoms with Crippen molar-refractivity contribution in [2.45, 2.75) is 31.7 Å². The van der Waals surface area contributed by atoms with E-state index in [0.29, 0.717) is 29.9 Å². The second-order valence-corrected chi connectivity index (χ2v) is 4.76. The van der Waals surface area contributed by atoms with Gasteiger partial charge >= 0.3 is 0 Å². The van der Waals surface area contributed by atoms with Crippen LogP contribution in [0, 0.1) is 12.7 Å². The van der Waals surface area contributed by atoms with Gasteiger partial charge in [0.05, 0.1) is 25.9 Å². The van der Waals surface area contributed by atoms with Crippen molar-refractivity contribution >= 4 is 0 Å². The molecule has 1 heterocycles. The van der Waals surface area contributed by atoms with Crippen molar-refractivity contribution in [2.24, 2.45) is 0 Å². The van der Waals surface area contributed by atoms with Gasteiger partial charge in [-0.05, 0) is 24.6 Å². The fourth-order valence-corrected chi connectivity index (χ4v) is 2.34. The molecule has 0 amide bonds. The summed E-state index contributed by atoms with van der Waals surface area (Å²) in [6.07, 6.45) is -0.962. The molecule has 1 N–H and O–H groups in total. The number of benzene rings is 1. The highest BCUT2D eigenvalue weighted by atomic mass is 19.1. The van der Waals surface area contributed by atoms with Crippen LogP contribution in [0.3, 0.4) is 0 Å². The number of hydrogen-bond acceptors (Lipinski definition) is 4. The summed E-state index contributed by atoms with van der Waals surface area (Å²) in [7, 11) is 3.09. The fraction of sp³-hybridized carbons (Fsp3) is 0.571. The second-order valence-electron chi connectivity index (χ2n) is 4.76. The number of ether oxygens (including phenoxy) is 3. The van der Waals surface area contributed by atoms with Crippen LogP contribution in [-0.2, 0) is 9.47 Å². The second kappa shape index (κ2) is 5.86. The van der Waals surface area contributed by atoms with Crippen LogP contribution >= 0.6 is 0 Å². The molecule has 1 aromatic rings. The van der Waals surface area contributed by atoms with Crippen LogP contribution in [0.2, 0.25) is 0 Å². The zero-order chi connectivity index (χ0) is 14.0. The van der Waals surface area contributed by atoms with Crippen molar-refractivity contribution in [1.29, 1.82) is 0 Å². The molecule has 1 aliphatic rings. The third-order valence-corrected chi connectivity index (χ3v) is 3.41. The van der Waals surface area contributed by atoms with E-state index in [-0.39, 0.29) is 18.0 Å². The zero-order valence-electron chi connectivity index (χ0n) is 11.4. The van der Waals surface area contributed by atoms with E-state index in [2.05, 4.69) is 0 Å². The van der Waals surface area contributed by atoms with Crippen LogP contribution in [0.15, 0.2) is 12.1 Å². The van der Waals surface area contributed by atoms with Crippen molar-refractivity contribution in [1.82, 2.24) is 0 Å². The fourth-order valence-electron chi connectivity index (χ4n) is 2.34. The summed E-state index contributed by atoms with van der Waals surface area (Å²) in [5.74, 6) is 0.276. The number of halogens is 1. The summed E-state index contributed by atoms with van der Waals surface area (Å²) < 4.78 is 29.7. The molecule has 0 aromatic heterocycles. The van der Waals surface area contributed by atoms with E-state index in [1.165, 1.54) is 13.2 Å². The Kier molecular flexibility index (Phi) is 4.39. The zero-order valence-corrected chi connectivity index (χ0v) is 11.4. The molecule has 4 nitrogen and oxygen atoms in total. The van der Waals surface area contributed by atoms with Gasteiger partial charge in [-0.3, -0.25) is 0 Å². The molecule has 0 bridgehead atoms. The molecule has 2 rings (SSSR count).